The summed E-state index contributed by atoms with van der Waals surface area (Å²) in [4.78, 5) is 12.9. The van der Waals surface area contributed by atoms with E-state index < -0.39 is 0 Å². The molecule has 5 heteroatoms. The lowest BCUT2D eigenvalue weighted by Gasteiger charge is -2.03. The Balaban J connectivity index is 2.19. The standard InChI is InChI=1S/C12H14N4S/c1-8-3-9(2)16-11(4-8)17-12-14-6-10(5-13)7-15-12/h3-4,6-7H,5,13H2,1-2H3. The molecule has 0 bridgehead atoms. The van der Waals surface area contributed by atoms with Gasteiger partial charge in [0, 0.05) is 30.2 Å². The van der Waals surface area contributed by atoms with Crippen LogP contribution in [0.15, 0.2) is 34.7 Å². The zero-order chi connectivity index (χ0) is 12.3. The molecule has 2 aromatic rings. The second kappa shape index (κ2) is 5.25. The minimum atomic E-state index is 0.465. The molecule has 0 aromatic carbocycles. The van der Waals surface area contributed by atoms with E-state index in [0.717, 1.165) is 16.3 Å². The summed E-state index contributed by atoms with van der Waals surface area (Å²) in [7, 11) is 0. The molecule has 0 saturated heterocycles. The highest BCUT2D eigenvalue weighted by Gasteiger charge is 2.03. The van der Waals surface area contributed by atoms with E-state index in [-0.39, 0.29) is 0 Å². The van der Waals surface area contributed by atoms with Gasteiger partial charge in [0.15, 0.2) is 5.16 Å². The van der Waals surface area contributed by atoms with Gasteiger partial charge in [0.25, 0.3) is 0 Å². The van der Waals surface area contributed by atoms with E-state index >= 15 is 0 Å². The number of hydrogen-bond donors (Lipinski definition) is 1. The van der Waals surface area contributed by atoms with E-state index in [4.69, 9.17) is 5.73 Å². The first-order valence-corrected chi connectivity index (χ1v) is 6.13. The van der Waals surface area contributed by atoms with Crippen molar-refractivity contribution in [2.45, 2.75) is 30.6 Å². The predicted octanol–water partition coefficient (Wildman–Crippen LogP) is 2.10. The van der Waals surface area contributed by atoms with Crippen LogP contribution in [0.4, 0.5) is 0 Å². The average molecular weight is 246 g/mol. The van der Waals surface area contributed by atoms with E-state index in [1.54, 1.807) is 12.4 Å². The van der Waals surface area contributed by atoms with Gasteiger partial charge in [0.1, 0.15) is 5.03 Å². The van der Waals surface area contributed by atoms with E-state index in [9.17, 15) is 0 Å². The topological polar surface area (TPSA) is 64.7 Å². The molecule has 4 nitrogen and oxygen atoms in total. The van der Waals surface area contributed by atoms with E-state index in [2.05, 4.69) is 21.9 Å². The van der Waals surface area contributed by atoms with Crippen molar-refractivity contribution in [3.8, 4) is 0 Å². The molecule has 0 amide bonds. The third kappa shape index (κ3) is 3.25. The Bertz CT molecular complexity index is 490. The maximum Gasteiger partial charge on any atom is 0.193 e. The van der Waals surface area contributed by atoms with Crippen LogP contribution in [0.25, 0.3) is 0 Å². The monoisotopic (exact) mass is 246 g/mol. The molecule has 2 N–H and O–H groups in total. The summed E-state index contributed by atoms with van der Waals surface area (Å²) in [5, 5.41) is 1.61. The highest BCUT2D eigenvalue weighted by molar-refractivity contribution is 7.99. The van der Waals surface area contributed by atoms with Crippen LogP contribution < -0.4 is 5.73 Å². The van der Waals surface area contributed by atoms with Gasteiger partial charge >= 0.3 is 0 Å². The summed E-state index contributed by atoms with van der Waals surface area (Å²) < 4.78 is 0. The summed E-state index contributed by atoms with van der Waals surface area (Å²) in [6, 6.07) is 4.07. The van der Waals surface area contributed by atoms with Gasteiger partial charge in [0.2, 0.25) is 0 Å². The first-order valence-electron chi connectivity index (χ1n) is 5.31. The second-order valence-corrected chi connectivity index (χ2v) is 4.79. The summed E-state index contributed by atoms with van der Waals surface area (Å²) in [5.41, 5.74) is 8.62. The van der Waals surface area contributed by atoms with Gasteiger partial charge in [-0.15, -0.1) is 0 Å². The molecule has 0 spiro atoms. The first kappa shape index (κ1) is 12.0. The lowest BCUT2D eigenvalue weighted by Crippen LogP contribution is -1.98. The van der Waals surface area contributed by atoms with Crippen LogP contribution in [0.3, 0.4) is 0 Å². The third-order valence-electron chi connectivity index (χ3n) is 2.19. The maximum absolute atomic E-state index is 5.49. The predicted molar refractivity (Wildman–Crippen MR) is 67.8 cm³/mol. The summed E-state index contributed by atoms with van der Waals surface area (Å²) >= 11 is 1.46. The highest BCUT2D eigenvalue weighted by Crippen LogP contribution is 2.23. The van der Waals surface area contributed by atoms with Crippen LogP contribution >= 0.6 is 11.8 Å². The highest BCUT2D eigenvalue weighted by atomic mass is 32.2. The number of rotatable bonds is 3. The molecule has 2 heterocycles. The van der Waals surface area contributed by atoms with Crippen LogP contribution in [-0.2, 0) is 6.54 Å². The Hall–Kier alpha value is -1.46. The van der Waals surface area contributed by atoms with Crippen molar-refractivity contribution in [1.82, 2.24) is 15.0 Å². The molecular formula is C12H14N4S. The van der Waals surface area contributed by atoms with Gasteiger partial charge in [-0.3, -0.25) is 0 Å². The van der Waals surface area contributed by atoms with Gasteiger partial charge in [-0.25, -0.2) is 15.0 Å². The molecule has 17 heavy (non-hydrogen) atoms. The lowest BCUT2D eigenvalue weighted by atomic mass is 10.3. The Morgan fingerprint density at radius 2 is 1.88 bits per heavy atom. The number of pyridine rings is 1. The smallest absolute Gasteiger partial charge is 0.193 e. The molecule has 0 unspecified atom stereocenters. The molecule has 0 atom stereocenters. The fraction of sp³-hybridized carbons (Fsp3) is 0.250. The molecular weight excluding hydrogens is 232 g/mol. The average Bonchev–Trinajstić information content (AvgIpc) is 2.28. The molecule has 0 radical (unpaired) electrons. The van der Waals surface area contributed by atoms with E-state index in [1.165, 1.54) is 17.3 Å². The van der Waals surface area contributed by atoms with Crippen molar-refractivity contribution in [1.29, 1.82) is 0 Å². The van der Waals surface area contributed by atoms with Crippen molar-refractivity contribution in [2.75, 3.05) is 0 Å². The van der Waals surface area contributed by atoms with Gasteiger partial charge in [-0.1, -0.05) is 0 Å². The zero-order valence-corrected chi connectivity index (χ0v) is 10.7. The van der Waals surface area contributed by atoms with Crippen LogP contribution in [0.5, 0.6) is 0 Å². The number of aromatic nitrogens is 3. The van der Waals surface area contributed by atoms with E-state index in [1.807, 2.05) is 19.1 Å². The quantitative estimate of drug-likeness (QED) is 0.840. The van der Waals surface area contributed by atoms with Crippen molar-refractivity contribution < 1.29 is 0 Å². The summed E-state index contributed by atoms with van der Waals surface area (Å²) in [6.07, 6.45) is 3.50. The number of nitrogens with zero attached hydrogens (tertiary/aromatic N) is 3. The normalized spacial score (nSPS) is 10.5. The van der Waals surface area contributed by atoms with Crippen molar-refractivity contribution >= 4 is 11.8 Å². The number of nitrogens with two attached hydrogens (primary N) is 1. The molecule has 0 saturated carbocycles. The fourth-order valence-corrected chi connectivity index (χ4v) is 2.28. The van der Waals surface area contributed by atoms with Crippen LogP contribution in [0.2, 0.25) is 0 Å². The minimum absolute atomic E-state index is 0.465. The Kier molecular flexibility index (Phi) is 3.71. The number of hydrogen-bond acceptors (Lipinski definition) is 5. The third-order valence-corrected chi connectivity index (χ3v) is 3.00. The molecule has 0 fully saturated rings. The maximum atomic E-state index is 5.49. The van der Waals surface area contributed by atoms with Crippen LogP contribution in [0.1, 0.15) is 16.8 Å². The molecule has 2 rings (SSSR count). The molecule has 0 aliphatic heterocycles. The van der Waals surface area contributed by atoms with Crippen molar-refractivity contribution in [3.63, 3.8) is 0 Å². The van der Waals surface area contributed by atoms with Gasteiger partial charge < -0.3 is 5.73 Å². The Labute approximate surface area is 105 Å². The Morgan fingerprint density at radius 3 is 2.47 bits per heavy atom. The van der Waals surface area contributed by atoms with Crippen molar-refractivity contribution in [2.24, 2.45) is 5.73 Å². The molecule has 2 aromatic heterocycles. The van der Waals surface area contributed by atoms with Gasteiger partial charge in [-0.05, 0) is 43.3 Å². The van der Waals surface area contributed by atoms with Crippen LogP contribution in [0, 0.1) is 13.8 Å². The number of aryl methyl sites for hydroxylation is 2. The largest absolute Gasteiger partial charge is 0.326 e. The van der Waals surface area contributed by atoms with Crippen LogP contribution in [-0.4, -0.2) is 15.0 Å². The summed E-state index contributed by atoms with van der Waals surface area (Å²) in [5.74, 6) is 0. The van der Waals surface area contributed by atoms with E-state index in [0.29, 0.717) is 11.7 Å². The SMILES string of the molecule is Cc1cc(C)nc(Sc2ncc(CN)cn2)c1. The summed E-state index contributed by atoms with van der Waals surface area (Å²) in [6.45, 7) is 4.50. The van der Waals surface area contributed by atoms with Gasteiger partial charge in [0.05, 0.1) is 0 Å². The lowest BCUT2D eigenvalue weighted by molar-refractivity contribution is 0.909. The van der Waals surface area contributed by atoms with Gasteiger partial charge in [-0.2, -0.15) is 0 Å². The first-order chi connectivity index (χ1) is 8.17. The second-order valence-electron chi connectivity index (χ2n) is 3.80. The zero-order valence-electron chi connectivity index (χ0n) is 9.84. The minimum Gasteiger partial charge on any atom is -0.326 e. The molecule has 0 aliphatic rings. The van der Waals surface area contributed by atoms with Crippen molar-refractivity contribution in [3.05, 3.63) is 41.3 Å². The fourth-order valence-electron chi connectivity index (χ4n) is 1.45. The molecule has 88 valence electrons. The Morgan fingerprint density at radius 1 is 1.18 bits per heavy atom. The molecule has 0 aliphatic carbocycles.